The van der Waals surface area contributed by atoms with Gasteiger partial charge in [0.1, 0.15) is 5.75 Å². The summed E-state index contributed by atoms with van der Waals surface area (Å²) in [7, 11) is 0. The van der Waals surface area contributed by atoms with E-state index in [0.717, 1.165) is 37.9 Å². The molecule has 1 aliphatic heterocycles. The second-order valence-electron chi connectivity index (χ2n) is 8.66. The zero-order chi connectivity index (χ0) is 22.6. The van der Waals surface area contributed by atoms with Crippen LogP contribution in [0.1, 0.15) is 36.3 Å². The van der Waals surface area contributed by atoms with E-state index in [-0.39, 0.29) is 17.5 Å². The zero-order valence-electron chi connectivity index (χ0n) is 18.4. The maximum atomic E-state index is 12.7. The number of ether oxygens (including phenoxy) is 1. The van der Waals surface area contributed by atoms with Crippen molar-refractivity contribution in [3.8, 4) is 11.6 Å². The molecule has 6 nitrogen and oxygen atoms in total. The molecule has 2 aliphatic rings. The number of urea groups is 1. The highest BCUT2D eigenvalue weighted by Crippen LogP contribution is 2.40. The van der Waals surface area contributed by atoms with Crippen LogP contribution >= 0.6 is 0 Å². The van der Waals surface area contributed by atoms with Crippen LogP contribution in [0.2, 0.25) is 0 Å². The number of hydrogen-bond donors (Lipinski definition) is 2. The van der Waals surface area contributed by atoms with Crippen LogP contribution in [-0.2, 0) is 0 Å². The van der Waals surface area contributed by atoms with Gasteiger partial charge in [-0.05, 0) is 42.5 Å². The first-order valence-electron chi connectivity index (χ1n) is 11.4. The molecule has 2 amide bonds. The highest BCUT2D eigenvalue weighted by molar-refractivity contribution is 5.75. The quantitative estimate of drug-likeness (QED) is 0.591. The number of piperidine rings is 1. The second kappa shape index (κ2) is 9.36. The molecule has 168 valence electrons. The molecule has 1 unspecified atom stereocenters. The molecule has 3 aromatic rings. The number of hydrogen-bond acceptors (Lipinski definition) is 3. The number of H-pyrrole nitrogens is 1. The first-order valence-corrected chi connectivity index (χ1v) is 11.4. The Morgan fingerprint density at radius 3 is 2.64 bits per heavy atom. The highest BCUT2D eigenvalue weighted by Gasteiger charge is 2.40. The van der Waals surface area contributed by atoms with Gasteiger partial charge in [-0.3, -0.25) is 4.79 Å². The summed E-state index contributed by atoms with van der Waals surface area (Å²) in [5, 5.41) is 3.20. The number of pyridine rings is 1. The van der Waals surface area contributed by atoms with E-state index in [1.54, 1.807) is 6.20 Å². The first kappa shape index (κ1) is 21.1. The fraction of sp³-hybridized carbons (Fsp3) is 0.259. The number of amides is 2. The number of carbonyl (C=O) groups is 1. The van der Waals surface area contributed by atoms with E-state index < -0.39 is 0 Å². The van der Waals surface area contributed by atoms with Crippen LogP contribution in [0.3, 0.4) is 0 Å². The molecule has 1 saturated heterocycles. The van der Waals surface area contributed by atoms with Crippen LogP contribution in [0, 0.1) is 0 Å². The van der Waals surface area contributed by atoms with Crippen LogP contribution in [0.25, 0.3) is 6.08 Å². The number of likely N-dealkylation sites (tertiary alicyclic amines) is 1. The van der Waals surface area contributed by atoms with E-state index in [1.165, 1.54) is 23.3 Å². The van der Waals surface area contributed by atoms with Gasteiger partial charge in [-0.1, -0.05) is 54.1 Å². The topological polar surface area (TPSA) is 74.4 Å². The fourth-order valence-electron chi connectivity index (χ4n) is 4.33. The van der Waals surface area contributed by atoms with Gasteiger partial charge >= 0.3 is 6.03 Å². The van der Waals surface area contributed by atoms with Crippen molar-refractivity contribution in [2.24, 2.45) is 0 Å². The van der Waals surface area contributed by atoms with Crippen LogP contribution in [-0.4, -0.2) is 35.0 Å². The van der Waals surface area contributed by atoms with Crippen LogP contribution in [0.15, 0.2) is 83.3 Å². The Labute approximate surface area is 192 Å². The number of rotatable bonds is 5. The molecule has 33 heavy (non-hydrogen) atoms. The summed E-state index contributed by atoms with van der Waals surface area (Å²) in [6.45, 7) is 1.45. The number of aromatic amines is 1. The number of carbonyl (C=O) groups excluding carboxylic acids is 1. The molecular formula is C27H27N3O3. The predicted molar refractivity (Wildman–Crippen MR) is 128 cm³/mol. The van der Waals surface area contributed by atoms with Crippen molar-refractivity contribution in [3.05, 3.63) is 99.9 Å². The zero-order valence-corrected chi connectivity index (χ0v) is 18.4. The Kier molecular flexibility index (Phi) is 5.98. The standard InChI is InChI=1S/C27H27N3O3/c31-22-9-12-28-26(17-22)33-23-8-4-5-20(16-23)15-19-10-13-30(14-11-19)27(32)29-25-18-24(25)21-6-2-1-3-7-21/h1-9,12,15-17,24-25H,10-11,13-14,18H2,(H,28,31)(H,29,32)/t24-,25?/m1/s1. The molecule has 0 bridgehead atoms. The molecule has 2 atom stereocenters. The van der Waals surface area contributed by atoms with Gasteiger partial charge < -0.3 is 19.9 Å². The van der Waals surface area contributed by atoms with Gasteiger partial charge in [0.15, 0.2) is 5.43 Å². The molecule has 1 aliphatic carbocycles. The second-order valence-corrected chi connectivity index (χ2v) is 8.66. The van der Waals surface area contributed by atoms with Gasteiger partial charge in [0.2, 0.25) is 5.88 Å². The lowest BCUT2D eigenvalue weighted by Gasteiger charge is -2.28. The first-order chi connectivity index (χ1) is 16.1. The summed E-state index contributed by atoms with van der Waals surface area (Å²) >= 11 is 0. The number of aromatic nitrogens is 1. The predicted octanol–water partition coefficient (Wildman–Crippen LogP) is 4.91. The Bertz CT molecular complexity index is 1210. The molecule has 2 aromatic carbocycles. The fourth-order valence-corrected chi connectivity index (χ4v) is 4.33. The summed E-state index contributed by atoms with van der Waals surface area (Å²) in [5.41, 5.74) is 3.56. The van der Waals surface area contributed by atoms with Crippen molar-refractivity contribution < 1.29 is 9.53 Å². The Hall–Kier alpha value is -3.80. The summed E-state index contributed by atoms with van der Waals surface area (Å²) < 4.78 is 5.77. The smallest absolute Gasteiger partial charge is 0.317 e. The highest BCUT2D eigenvalue weighted by atomic mass is 16.5. The summed E-state index contributed by atoms with van der Waals surface area (Å²) in [5.74, 6) is 1.52. The van der Waals surface area contributed by atoms with Gasteiger partial charge in [-0.25, -0.2) is 4.79 Å². The normalized spacial score (nSPS) is 19.6. The third-order valence-corrected chi connectivity index (χ3v) is 6.22. The van der Waals surface area contributed by atoms with Gasteiger partial charge in [0.05, 0.1) is 0 Å². The van der Waals surface area contributed by atoms with Crippen molar-refractivity contribution in [2.75, 3.05) is 13.1 Å². The van der Waals surface area contributed by atoms with E-state index in [4.69, 9.17) is 4.74 Å². The molecule has 6 heteroatoms. The molecule has 1 aromatic heterocycles. The van der Waals surface area contributed by atoms with Gasteiger partial charge in [0.25, 0.3) is 0 Å². The lowest BCUT2D eigenvalue weighted by molar-refractivity contribution is 0.193. The van der Waals surface area contributed by atoms with Crippen LogP contribution in [0.5, 0.6) is 11.6 Å². The summed E-state index contributed by atoms with van der Waals surface area (Å²) in [6, 6.07) is 21.3. The number of benzene rings is 2. The van der Waals surface area contributed by atoms with Gasteiger partial charge in [0, 0.05) is 43.4 Å². The van der Waals surface area contributed by atoms with E-state index in [2.05, 4.69) is 40.6 Å². The minimum atomic E-state index is -0.102. The molecular weight excluding hydrogens is 414 g/mol. The van der Waals surface area contributed by atoms with Gasteiger partial charge in [-0.15, -0.1) is 0 Å². The van der Waals surface area contributed by atoms with Crippen molar-refractivity contribution in [1.29, 1.82) is 0 Å². The Morgan fingerprint density at radius 1 is 1.03 bits per heavy atom. The van der Waals surface area contributed by atoms with E-state index in [1.807, 2.05) is 35.2 Å². The molecule has 5 rings (SSSR count). The summed E-state index contributed by atoms with van der Waals surface area (Å²) in [4.78, 5) is 29.0. The SMILES string of the molecule is O=C(NC1C[C@@H]1c1ccccc1)N1CCC(=Cc2cccc(Oc3cc(=O)cc[nH]3)c2)CC1. The molecule has 0 spiro atoms. The molecule has 1 saturated carbocycles. The summed E-state index contributed by atoms with van der Waals surface area (Å²) in [6.07, 6.45) is 6.47. The van der Waals surface area contributed by atoms with E-state index >= 15 is 0 Å². The maximum absolute atomic E-state index is 12.7. The third-order valence-electron chi connectivity index (χ3n) is 6.22. The van der Waals surface area contributed by atoms with Crippen LogP contribution < -0.4 is 15.5 Å². The van der Waals surface area contributed by atoms with Crippen molar-refractivity contribution in [1.82, 2.24) is 15.2 Å². The molecule has 2 heterocycles. The lowest BCUT2D eigenvalue weighted by Crippen LogP contribution is -2.44. The lowest BCUT2D eigenvalue weighted by atomic mass is 10.0. The molecule has 2 fully saturated rings. The third kappa shape index (κ3) is 5.34. The maximum Gasteiger partial charge on any atom is 0.317 e. The molecule has 2 N–H and O–H groups in total. The van der Waals surface area contributed by atoms with Crippen LogP contribution in [0.4, 0.5) is 4.79 Å². The van der Waals surface area contributed by atoms with Crippen molar-refractivity contribution in [2.45, 2.75) is 31.2 Å². The minimum Gasteiger partial charge on any atom is -0.441 e. The van der Waals surface area contributed by atoms with Gasteiger partial charge in [-0.2, -0.15) is 0 Å². The van der Waals surface area contributed by atoms with Crippen molar-refractivity contribution in [3.63, 3.8) is 0 Å². The number of nitrogens with one attached hydrogen (secondary N) is 2. The average Bonchev–Trinajstić information content (AvgIpc) is 3.59. The minimum absolute atomic E-state index is 0.0460. The Morgan fingerprint density at radius 2 is 1.85 bits per heavy atom. The average molecular weight is 442 g/mol. The van der Waals surface area contributed by atoms with E-state index in [0.29, 0.717) is 17.5 Å². The molecule has 0 radical (unpaired) electrons. The largest absolute Gasteiger partial charge is 0.441 e. The monoisotopic (exact) mass is 441 g/mol. The van der Waals surface area contributed by atoms with Crippen molar-refractivity contribution >= 4 is 12.1 Å². The Balaban J connectivity index is 1.14. The number of nitrogens with zero attached hydrogens (tertiary/aromatic N) is 1. The van der Waals surface area contributed by atoms with E-state index in [9.17, 15) is 9.59 Å².